The van der Waals surface area contributed by atoms with Crippen molar-refractivity contribution in [3.05, 3.63) is 23.0 Å². The van der Waals surface area contributed by atoms with Gasteiger partial charge in [-0.3, -0.25) is 0 Å². The van der Waals surface area contributed by atoms with E-state index in [-0.39, 0.29) is 5.54 Å². The Hall–Kier alpha value is -0.760. The third-order valence-electron chi connectivity index (χ3n) is 4.06. The van der Waals surface area contributed by atoms with Crippen LogP contribution in [0.5, 0.6) is 0 Å². The molecule has 3 N–H and O–H groups in total. The van der Waals surface area contributed by atoms with E-state index in [4.69, 9.17) is 5.73 Å². The molecule has 0 radical (unpaired) electrons. The van der Waals surface area contributed by atoms with E-state index in [1.54, 1.807) is 11.1 Å². The maximum absolute atomic E-state index is 6.13. The number of H-pyrrole nitrogens is 1. The standard InChI is InChI=1S/C13H20N2/c14-13(7-8-13)6-5-10-9-15-12-4-2-1-3-11(10)12/h9,15H,1-8,14H2. The van der Waals surface area contributed by atoms with Crippen LogP contribution in [0.25, 0.3) is 0 Å². The van der Waals surface area contributed by atoms with Gasteiger partial charge in [-0.05, 0) is 62.5 Å². The van der Waals surface area contributed by atoms with Crippen LogP contribution < -0.4 is 5.73 Å². The minimum absolute atomic E-state index is 0.207. The maximum Gasteiger partial charge on any atom is 0.0182 e. The van der Waals surface area contributed by atoms with E-state index in [2.05, 4.69) is 11.2 Å². The number of hydrogen-bond donors (Lipinski definition) is 2. The number of hydrogen-bond acceptors (Lipinski definition) is 1. The lowest BCUT2D eigenvalue weighted by molar-refractivity contribution is 0.603. The van der Waals surface area contributed by atoms with Crippen LogP contribution in [0, 0.1) is 0 Å². The van der Waals surface area contributed by atoms with Crippen molar-refractivity contribution >= 4 is 0 Å². The van der Waals surface area contributed by atoms with Crippen molar-refractivity contribution in [1.29, 1.82) is 0 Å². The molecule has 3 rings (SSSR count). The quantitative estimate of drug-likeness (QED) is 0.779. The Labute approximate surface area is 91.3 Å². The normalized spacial score (nSPS) is 22.5. The average Bonchev–Trinajstić information content (AvgIpc) is 2.86. The van der Waals surface area contributed by atoms with Crippen molar-refractivity contribution < 1.29 is 0 Å². The summed E-state index contributed by atoms with van der Waals surface area (Å²) in [5, 5.41) is 0. The first-order valence-corrected chi connectivity index (χ1v) is 6.24. The van der Waals surface area contributed by atoms with Gasteiger partial charge in [-0.25, -0.2) is 0 Å². The van der Waals surface area contributed by atoms with Gasteiger partial charge < -0.3 is 10.7 Å². The van der Waals surface area contributed by atoms with Crippen LogP contribution in [-0.4, -0.2) is 10.5 Å². The second-order valence-electron chi connectivity index (χ2n) is 5.34. The minimum Gasteiger partial charge on any atom is -0.364 e. The van der Waals surface area contributed by atoms with E-state index >= 15 is 0 Å². The van der Waals surface area contributed by atoms with Crippen LogP contribution in [0.15, 0.2) is 6.20 Å². The highest BCUT2D eigenvalue weighted by molar-refractivity contribution is 5.33. The van der Waals surface area contributed by atoms with Gasteiger partial charge >= 0.3 is 0 Å². The van der Waals surface area contributed by atoms with Gasteiger partial charge in [0.25, 0.3) is 0 Å². The van der Waals surface area contributed by atoms with E-state index < -0.39 is 0 Å². The Kier molecular flexibility index (Phi) is 2.13. The Morgan fingerprint density at radius 3 is 2.87 bits per heavy atom. The lowest BCUT2D eigenvalue weighted by Crippen LogP contribution is -2.22. The van der Waals surface area contributed by atoms with Gasteiger partial charge in [-0.15, -0.1) is 0 Å². The van der Waals surface area contributed by atoms with Crippen molar-refractivity contribution in [2.45, 2.75) is 56.9 Å². The van der Waals surface area contributed by atoms with Gasteiger partial charge in [0.1, 0.15) is 0 Å². The van der Waals surface area contributed by atoms with Crippen LogP contribution in [0.4, 0.5) is 0 Å². The summed E-state index contributed by atoms with van der Waals surface area (Å²) in [6, 6.07) is 0. The van der Waals surface area contributed by atoms with E-state index in [9.17, 15) is 0 Å². The summed E-state index contributed by atoms with van der Waals surface area (Å²) in [6.07, 6.45) is 12.3. The summed E-state index contributed by atoms with van der Waals surface area (Å²) in [5.41, 5.74) is 11.0. The van der Waals surface area contributed by atoms with Gasteiger partial charge in [0.15, 0.2) is 0 Å². The topological polar surface area (TPSA) is 41.8 Å². The zero-order chi connectivity index (χ0) is 10.3. The third kappa shape index (κ3) is 1.83. The maximum atomic E-state index is 6.13. The largest absolute Gasteiger partial charge is 0.364 e. The molecule has 0 aliphatic heterocycles. The molecule has 2 nitrogen and oxygen atoms in total. The Morgan fingerprint density at radius 2 is 2.07 bits per heavy atom. The first-order chi connectivity index (χ1) is 7.27. The zero-order valence-corrected chi connectivity index (χ0v) is 9.31. The second-order valence-corrected chi connectivity index (χ2v) is 5.34. The summed E-state index contributed by atoms with van der Waals surface area (Å²) in [5.74, 6) is 0. The molecule has 2 aliphatic carbocycles. The number of aromatic amines is 1. The van der Waals surface area contributed by atoms with E-state index in [0.29, 0.717) is 0 Å². The number of rotatable bonds is 3. The lowest BCUT2D eigenvalue weighted by atomic mass is 9.93. The third-order valence-corrected chi connectivity index (χ3v) is 4.06. The van der Waals surface area contributed by atoms with Crippen molar-refractivity contribution in [2.75, 3.05) is 0 Å². The zero-order valence-electron chi connectivity index (χ0n) is 9.31. The monoisotopic (exact) mass is 204 g/mol. The molecular formula is C13H20N2. The van der Waals surface area contributed by atoms with Gasteiger partial charge in [0, 0.05) is 17.4 Å². The number of fused-ring (bicyclic) bond motifs is 1. The fraction of sp³-hybridized carbons (Fsp3) is 0.692. The number of nitrogens with one attached hydrogen (secondary N) is 1. The van der Waals surface area contributed by atoms with Crippen LogP contribution in [0.2, 0.25) is 0 Å². The first kappa shape index (κ1) is 9.46. The number of nitrogens with two attached hydrogens (primary N) is 1. The predicted molar refractivity (Wildman–Crippen MR) is 61.9 cm³/mol. The fourth-order valence-electron chi connectivity index (χ4n) is 2.70. The highest BCUT2D eigenvalue weighted by atomic mass is 14.8. The van der Waals surface area contributed by atoms with E-state index in [1.165, 1.54) is 57.1 Å². The molecule has 1 saturated carbocycles. The van der Waals surface area contributed by atoms with Crippen molar-refractivity contribution in [3.8, 4) is 0 Å². The molecule has 2 aliphatic rings. The molecule has 15 heavy (non-hydrogen) atoms. The van der Waals surface area contributed by atoms with Crippen molar-refractivity contribution in [3.63, 3.8) is 0 Å². The molecule has 2 heteroatoms. The van der Waals surface area contributed by atoms with Crippen LogP contribution in [0.1, 0.15) is 48.9 Å². The Morgan fingerprint density at radius 1 is 1.27 bits per heavy atom. The van der Waals surface area contributed by atoms with Crippen molar-refractivity contribution in [1.82, 2.24) is 4.98 Å². The smallest absolute Gasteiger partial charge is 0.0182 e. The molecule has 0 amide bonds. The molecular weight excluding hydrogens is 184 g/mol. The molecule has 1 heterocycles. The molecule has 0 unspecified atom stereocenters. The summed E-state index contributed by atoms with van der Waals surface area (Å²) in [6.45, 7) is 0. The van der Waals surface area contributed by atoms with Crippen LogP contribution in [-0.2, 0) is 19.3 Å². The highest BCUT2D eigenvalue weighted by Crippen LogP contribution is 2.37. The molecule has 1 fully saturated rings. The number of aromatic nitrogens is 1. The molecule has 0 atom stereocenters. The second kappa shape index (κ2) is 3.38. The summed E-state index contributed by atoms with van der Waals surface area (Å²) >= 11 is 0. The lowest BCUT2D eigenvalue weighted by Gasteiger charge is -2.13. The van der Waals surface area contributed by atoms with Gasteiger partial charge in [-0.2, -0.15) is 0 Å². The molecule has 0 aromatic carbocycles. The molecule has 0 saturated heterocycles. The Balaban J connectivity index is 1.71. The Bertz CT molecular complexity index is 361. The van der Waals surface area contributed by atoms with Gasteiger partial charge in [-0.1, -0.05) is 0 Å². The molecule has 0 bridgehead atoms. The first-order valence-electron chi connectivity index (χ1n) is 6.24. The number of aryl methyl sites for hydroxylation is 2. The fourth-order valence-corrected chi connectivity index (χ4v) is 2.70. The van der Waals surface area contributed by atoms with Crippen LogP contribution >= 0.6 is 0 Å². The van der Waals surface area contributed by atoms with Gasteiger partial charge in [0.2, 0.25) is 0 Å². The summed E-state index contributed by atoms with van der Waals surface area (Å²) in [7, 11) is 0. The average molecular weight is 204 g/mol. The SMILES string of the molecule is NC1(CCc2c[nH]c3c2CCCC3)CC1. The van der Waals surface area contributed by atoms with E-state index in [1.807, 2.05) is 0 Å². The summed E-state index contributed by atoms with van der Waals surface area (Å²) < 4.78 is 0. The predicted octanol–water partition coefficient (Wildman–Crippen LogP) is 2.32. The summed E-state index contributed by atoms with van der Waals surface area (Å²) in [4.78, 5) is 3.44. The molecule has 0 spiro atoms. The van der Waals surface area contributed by atoms with Gasteiger partial charge in [0.05, 0.1) is 0 Å². The minimum atomic E-state index is 0.207. The molecule has 82 valence electrons. The van der Waals surface area contributed by atoms with Crippen molar-refractivity contribution in [2.24, 2.45) is 5.73 Å². The van der Waals surface area contributed by atoms with Crippen LogP contribution in [0.3, 0.4) is 0 Å². The van der Waals surface area contributed by atoms with E-state index in [0.717, 1.165) is 0 Å². The molecule has 1 aromatic heterocycles. The highest BCUT2D eigenvalue weighted by Gasteiger charge is 2.37. The molecule has 1 aromatic rings.